The third-order valence-corrected chi connectivity index (χ3v) is 5.87. The molecule has 0 bridgehead atoms. The fourth-order valence-corrected chi connectivity index (χ4v) is 4.28. The van der Waals surface area contributed by atoms with Crippen molar-refractivity contribution in [2.24, 2.45) is 0 Å². The van der Waals surface area contributed by atoms with Crippen LogP contribution in [-0.4, -0.2) is 23.3 Å². The predicted octanol–water partition coefficient (Wildman–Crippen LogP) is 5.40. The minimum atomic E-state index is -0.396. The van der Waals surface area contributed by atoms with E-state index in [0.29, 0.717) is 15.7 Å². The maximum absolute atomic E-state index is 13.5. The Bertz CT molecular complexity index is 1050. The number of fused-ring (bicyclic) bond motifs is 1. The van der Waals surface area contributed by atoms with Gasteiger partial charge < -0.3 is 10.2 Å². The lowest BCUT2D eigenvalue weighted by atomic mass is 9.95. The third-order valence-electron chi connectivity index (χ3n) is 4.69. The second kappa shape index (κ2) is 7.89. The van der Waals surface area contributed by atoms with E-state index in [2.05, 4.69) is 37.2 Å². The number of halogens is 2. The number of amides is 2. The summed E-state index contributed by atoms with van der Waals surface area (Å²) < 4.78 is 1.59. The molecule has 6 heteroatoms. The number of hydrogen-bond acceptors (Lipinski definition) is 2. The summed E-state index contributed by atoms with van der Waals surface area (Å²) in [7, 11) is 0. The number of rotatable bonds is 2. The van der Waals surface area contributed by atoms with Crippen molar-refractivity contribution in [2.75, 3.05) is 11.9 Å². The molecule has 3 aromatic rings. The molecule has 1 N–H and O–H groups in total. The van der Waals surface area contributed by atoms with Crippen molar-refractivity contribution in [1.82, 2.24) is 4.90 Å². The van der Waals surface area contributed by atoms with Gasteiger partial charge in [0.25, 0.3) is 5.91 Å². The Morgan fingerprint density at radius 1 is 0.964 bits per heavy atom. The van der Waals surface area contributed by atoms with Crippen LogP contribution in [0.1, 0.15) is 27.5 Å². The minimum absolute atomic E-state index is 0.0357. The normalized spacial score (nSPS) is 16.1. The monoisotopic (exact) mass is 498 g/mol. The molecule has 1 aliphatic heterocycles. The molecule has 28 heavy (non-hydrogen) atoms. The van der Waals surface area contributed by atoms with Gasteiger partial charge in [0.15, 0.2) is 0 Å². The van der Waals surface area contributed by atoms with Crippen LogP contribution in [0.3, 0.4) is 0 Å². The highest BCUT2D eigenvalue weighted by molar-refractivity contribution is 9.10. The molecule has 140 valence electrons. The summed E-state index contributed by atoms with van der Waals surface area (Å²) in [6.45, 7) is -0.0357. The first kappa shape index (κ1) is 18.9. The van der Waals surface area contributed by atoms with Crippen molar-refractivity contribution in [3.63, 3.8) is 0 Å². The number of nitrogens with one attached hydrogen (secondary N) is 1. The summed E-state index contributed by atoms with van der Waals surface area (Å²) in [5, 5.41) is 2.93. The molecule has 4 nitrogen and oxygen atoms in total. The average Bonchev–Trinajstić information content (AvgIpc) is 2.84. The number of hydrogen-bond donors (Lipinski definition) is 1. The summed E-state index contributed by atoms with van der Waals surface area (Å²) in [6.07, 6.45) is 0. The lowest BCUT2D eigenvalue weighted by Gasteiger charge is -2.31. The van der Waals surface area contributed by atoms with Crippen LogP contribution in [0.4, 0.5) is 5.69 Å². The SMILES string of the molecule is O=C1CN(C(=O)c2ccccc2Br)[C@H](c2ccccc2)c2cc(Br)ccc2N1. The minimum Gasteiger partial charge on any atom is -0.324 e. The Labute approximate surface area is 179 Å². The highest BCUT2D eigenvalue weighted by Gasteiger charge is 2.34. The lowest BCUT2D eigenvalue weighted by molar-refractivity contribution is -0.117. The van der Waals surface area contributed by atoms with Gasteiger partial charge in [-0.1, -0.05) is 58.4 Å². The Morgan fingerprint density at radius 2 is 1.68 bits per heavy atom. The fourth-order valence-electron chi connectivity index (χ4n) is 3.45. The van der Waals surface area contributed by atoms with Crippen LogP contribution >= 0.6 is 31.9 Å². The van der Waals surface area contributed by atoms with Gasteiger partial charge in [-0.15, -0.1) is 0 Å². The van der Waals surface area contributed by atoms with E-state index < -0.39 is 6.04 Å². The first-order chi connectivity index (χ1) is 13.5. The Morgan fingerprint density at radius 3 is 2.43 bits per heavy atom. The van der Waals surface area contributed by atoms with E-state index in [1.54, 1.807) is 11.0 Å². The van der Waals surface area contributed by atoms with Crippen molar-refractivity contribution in [3.8, 4) is 0 Å². The number of carbonyl (C=O) groups excluding carboxylic acids is 2. The molecule has 0 fully saturated rings. The quantitative estimate of drug-likeness (QED) is 0.513. The van der Waals surface area contributed by atoms with Crippen LogP contribution in [0.15, 0.2) is 81.7 Å². The lowest BCUT2D eigenvalue weighted by Crippen LogP contribution is -2.39. The Balaban J connectivity index is 1.91. The molecule has 2 amide bonds. The molecule has 1 atom stereocenters. The van der Waals surface area contributed by atoms with E-state index in [1.807, 2.05) is 66.7 Å². The highest BCUT2D eigenvalue weighted by atomic mass is 79.9. The standard InChI is InChI=1S/C22H16Br2N2O2/c23-15-10-11-19-17(12-15)21(14-6-2-1-3-7-14)26(13-20(27)25-19)22(28)16-8-4-5-9-18(16)24/h1-12,21H,13H2,(H,25,27)/t21-/m1/s1. The number of carbonyl (C=O) groups is 2. The molecule has 1 heterocycles. The summed E-state index contributed by atoms with van der Waals surface area (Å²) in [5.74, 6) is -0.424. The first-order valence-corrected chi connectivity index (χ1v) is 10.3. The second-order valence-corrected chi connectivity index (χ2v) is 8.28. The van der Waals surface area contributed by atoms with Gasteiger partial charge in [0.2, 0.25) is 5.91 Å². The molecular weight excluding hydrogens is 484 g/mol. The fraction of sp³-hybridized carbons (Fsp3) is 0.0909. The molecule has 3 aromatic carbocycles. The predicted molar refractivity (Wildman–Crippen MR) is 116 cm³/mol. The average molecular weight is 500 g/mol. The van der Waals surface area contributed by atoms with Crippen molar-refractivity contribution in [3.05, 3.63) is 98.4 Å². The number of nitrogens with zero attached hydrogens (tertiary/aromatic N) is 1. The third kappa shape index (κ3) is 3.62. The Kier molecular flexibility index (Phi) is 5.33. The van der Waals surface area contributed by atoms with Crippen molar-refractivity contribution in [1.29, 1.82) is 0 Å². The summed E-state index contributed by atoms with van der Waals surface area (Å²) in [5.41, 5.74) is 3.05. The topological polar surface area (TPSA) is 49.4 Å². The van der Waals surface area contributed by atoms with Crippen molar-refractivity contribution >= 4 is 49.4 Å². The molecule has 1 aliphatic rings. The summed E-state index contributed by atoms with van der Waals surface area (Å²) in [6, 6.07) is 22.3. The number of benzene rings is 3. The van der Waals surface area contributed by atoms with Crippen LogP contribution < -0.4 is 5.32 Å². The van der Waals surface area contributed by atoms with Gasteiger partial charge in [0.05, 0.1) is 11.6 Å². The summed E-state index contributed by atoms with van der Waals surface area (Å²) >= 11 is 6.98. The maximum Gasteiger partial charge on any atom is 0.256 e. The largest absolute Gasteiger partial charge is 0.324 e. The molecule has 0 spiro atoms. The van der Waals surface area contributed by atoms with Crippen LogP contribution in [0, 0.1) is 0 Å². The van der Waals surface area contributed by atoms with Gasteiger partial charge >= 0.3 is 0 Å². The van der Waals surface area contributed by atoms with E-state index in [1.165, 1.54) is 0 Å². The zero-order valence-corrected chi connectivity index (χ0v) is 17.9. The maximum atomic E-state index is 13.5. The first-order valence-electron chi connectivity index (χ1n) is 8.74. The smallest absolute Gasteiger partial charge is 0.256 e. The van der Waals surface area contributed by atoms with E-state index >= 15 is 0 Å². The molecule has 0 aliphatic carbocycles. The molecule has 0 saturated heterocycles. The molecule has 0 unspecified atom stereocenters. The molecule has 0 aromatic heterocycles. The van der Waals surface area contributed by atoms with Crippen LogP contribution in [0.25, 0.3) is 0 Å². The van der Waals surface area contributed by atoms with Crippen LogP contribution in [-0.2, 0) is 4.79 Å². The van der Waals surface area contributed by atoms with Gasteiger partial charge in [-0.3, -0.25) is 9.59 Å². The van der Waals surface area contributed by atoms with E-state index in [0.717, 1.165) is 15.6 Å². The highest BCUT2D eigenvalue weighted by Crippen LogP contribution is 2.38. The van der Waals surface area contributed by atoms with Crippen LogP contribution in [0.2, 0.25) is 0 Å². The van der Waals surface area contributed by atoms with Gasteiger partial charge in [0.1, 0.15) is 6.54 Å². The van der Waals surface area contributed by atoms with E-state index in [9.17, 15) is 9.59 Å². The van der Waals surface area contributed by atoms with Gasteiger partial charge in [-0.05, 0) is 51.8 Å². The van der Waals surface area contributed by atoms with Crippen molar-refractivity contribution < 1.29 is 9.59 Å². The van der Waals surface area contributed by atoms with Gasteiger partial charge in [0, 0.05) is 20.2 Å². The summed E-state index contributed by atoms with van der Waals surface area (Å²) in [4.78, 5) is 27.7. The zero-order chi connectivity index (χ0) is 19.7. The zero-order valence-electron chi connectivity index (χ0n) is 14.7. The molecule has 4 rings (SSSR count). The van der Waals surface area contributed by atoms with Gasteiger partial charge in [-0.25, -0.2) is 0 Å². The van der Waals surface area contributed by atoms with Crippen LogP contribution in [0.5, 0.6) is 0 Å². The molecule has 0 radical (unpaired) electrons. The number of anilines is 1. The Hall–Kier alpha value is -2.44. The van der Waals surface area contributed by atoms with E-state index in [4.69, 9.17) is 0 Å². The van der Waals surface area contributed by atoms with Gasteiger partial charge in [-0.2, -0.15) is 0 Å². The second-order valence-electron chi connectivity index (χ2n) is 6.51. The van der Waals surface area contributed by atoms with E-state index in [-0.39, 0.29) is 18.4 Å². The molecular formula is C22H16Br2N2O2. The molecule has 0 saturated carbocycles. The van der Waals surface area contributed by atoms with Crippen molar-refractivity contribution in [2.45, 2.75) is 6.04 Å².